The van der Waals surface area contributed by atoms with E-state index < -0.39 is 6.10 Å². The maximum absolute atomic E-state index is 11.1. The average molecular weight is 317 g/mol. The van der Waals surface area contributed by atoms with Gasteiger partial charge in [0.05, 0.1) is 6.04 Å². The highest BCUT2D eigenvalue weighted by molar-refractivity contribution is 5.48. The van der Waals surface area contributed by atoms with Crippen LogP contribution in [0.5, 0.6) is 0 Å². The molecule has 0 amide bonds. The van der Waals surface area contributed by atoms with Gasteiger partial charge in [-0.3, -0.25) is 0 Å². The summed E-state index contributed by atoms with van der Waals surface area (Å²) in [5.41, 5.74) is 5.32. The number of aliphatic hydroxyl groups excluding tert-OH is 1. The monoisotopic (exact) mass is 317 g/mol. The van der Waals surface area contributed by atoms with Gasteiger partial charge in [-0.05, 0) is 48.2 Å². The smallest absolute Gasteiger partial charge is 0.104 e. The van der Waals surface area contributed by atoms with Crippen molar-refractivity contribution in [3.63, 3.8) is 0 Å². The molecule has 0 heterocycles. The van der Waals surface area contributed by atoms with E-state index >= 15 is 0 Å². The van der Waals surface area contributed by atoms with Gasteiger partial charge in [0.15, 0.2) is 0 Å². The lowest BCUT2D eigenvalue weighted by Gasteiger charge is -2.28. The molecule has 0 spiro atoms. The van der Waals surface area contributed by atoms with E-state index in [1.165, 1.54) is 5.56 Å². The van der Waals surface area contributed by atoms with E-state index in [4.69, 9.17) is 0 Å². The molecule has 2 N–H and O–H groups in total. The second-order valence-corrected chi connectivity index (χ2v) is 6.15. The van der Waals surface area contributed by atoms with Gasteiger partial charge < -0.3 is 10.4 Å². The fraction of sp³-hybridized carbons (Fsp3) is 0.182. The summed E-state index contributed by atoms with van der Waals surface area (Å²) in [7, 11) is 0. The highest BCUT2D eigenvalue weighted by atomic mass is 16.3. The predicted octanol–water partition coefficient (Wildman–Crippen LogP) is 5.19. The number of aliphatic hydroxyl groups is 1. The van der Waals surface area contributed by atoms with Crippen LogP contribution in [0.1, 0.15) is 34.4 Å². The van der Waals surface area contributed by atoms with E-state index in [0.29, 0.717) is 0 Å². The highest BCUT2D eigenvalue weighted by Crippen LogP contribution is 2.34. The first-order chi connectivity index (χ1) is 11.7. The van der Waals surface area contributed by atoms with Crippen molar-refractivity contribution >= 4 is 5.69 Å². The molecule has 2 heteroatoms. The Morgan fingerprint density at radius 3 is 1.75 bits per heavy atom. The minimum absolute atomic E-state index is 0.213. The normalized spacial score (nSPS) is 13.3. The number of aryl methyl sites for hydroxylation is 2. The number of hydrogen-bond donors (Lipinski definition) is 2. The molecule has 3 aromatic carbocycles. The molecule has 122 valence electrons. The summed E-state index contributed by atoms with van der Waals surface area (Å²) >= 11 is 0. The Labute approximate surface area is 143 Å². The fourth-order valence-corrected chi connectivity index (χ4v) is 3.07. The molecule has 0 bridgehead atoms. The third-order valence-electron chi connectivity index (χ3n) is 4.44. The first kappa shape index (κ1) is 16.3. The second kappa shape index (κ2) is 7.33. The summed E-state index contributed by atoms with van der Waals surface area (Å²) in [6.45, 7) is 4.12. The van der Waals surface area contributed by atoms with Crippen molar-refractivity contribution in [2.75, 3.05) is 5.32 Å². The molecule has 0 unspecified atom stereocenters. The van der Waals surface area contributed by atoms with Crippen molar-refractivity contribution in [2.24, 2.45) is 0 Å². The van der Waals surface area contributed by atoms with Gasteiger partial charge in [0, 0.05) is 5.69 Å². The Kier molecular flexibility index (Phi) is 4.97. The van der Waals surface area contributed by atoms with Crippen LogP contribution in [0, 0.1) is 13.8 Å². The first-order valence-corrected chi connectivity index (χ1v) is 8.27. The van der Waals surface area contributed by atoms with Crippen molar-refractivity contribution < 1.29 is 5.11 Å². The molecule has 3 aromatic rings. The number of nitrogens with one attached hydrogen (secondary N) is 1. The molecule has 0 saturated heterocycles. The van der Waals surface area contributed by atoms with Crippen LogP contribution in [0.2, 0.25) is 0 Å². The van der Waals surface area contributed by atoms with Crippen LogP contribution >= 0.6 is 0 Å². The van der Waals surface area contributed by atoms with Crippen LogP contribution in [-0.4, -0.2) is 5.11 Å². The van der Waals surface area contributed by atoms with Gasteiger partial charge in [-0.2, -0.15) is 0 Å². The highest BCUT2D eigenvalue weighted by Gasteiger charge is 2.25. The van der Waals surface area contributed by atoms with Gasteiger partial charge in [0.2, 0.25) is 0 Å². The first-order valence-electron chi connectivity index (χ1n) is 8.27. The van der Waals surface area contributed by atoms with Crippen LogP contribution in [-0.2, 0) is 0 Å². The van der Waals surface area contributed by atoms with Crippen LogP contribution in [0.25, 0.3) is 0 Å². The average Bonchev–Trinajstić information content (AvgIpc) is 2.61. The number of para-hydroxylation sites is 1. The standard InChI is InChI=1S/C22H23NO/c1-16-10-6-8-14-19(16)21(23-18-12-4-3-5-13-18)22(24)20-15-9-7-11-17(20)2/h3-15,21-24H,1-2H3/t21-,22-/m0/s1. The zero-order chi connectivity index (χ0) is 16.9. The third-order valence-corrected chi connectivity index (χ3v) is 4.44. The predicted molar refractivity (Wildman–Crippen MR) is 100 cm³/mol. The van der Waals surface area contributed by atoms with E-state index in [1.807, 2.05) is 73.7 Å². The van der Waals surface area contributed by atoms with Crippen molar-refractivity contribution in [3.8, 4) is 0 Å². The van der Waals surface area contributed by atoms with Gasteiger partial charge in [-0.25, -0.2) is 0 Å². The molecular weight excluding hydrogens is 294 g/mol. The van der Waals surface area contributed by atoms with Crippen molar-refractivity contribution in [1.82, 2.24) is 0 Å². The van der Waals surface area contributed by atoms with Gasteiger partial charge in [0.25, 0.3) is 0 Å². The van der Waals surface area contributed by atoms with Gasteiger partial charge >= 0.3 is 0 Å². The molecule has 0 aromatic heterocycles. The molecule has 2 atom stereocenters. The molecule has 0 saturated carbocycles. The summed E-state index contributed by atoms with van der Waals surface area (Å²) in [6.07, 6.45) is -0.632. The quantitative estimate of drug-likeness (QED) is 0.678. The minimum Gasteiger partial charge on any atom is -0.386 e. The van der Waals surface area contributed by atoms with E-state index in [2.05, 4.69) is 24.4 Å². The Balaban J connectivity index is 2.02. The Hall–Kier alpha value is -2.58. The molecule has 0 aliphatic carbocycles. The van der Waals surface area contributed by atoms with Crippen LogP contribution in [0.3, 0.4) is 0 Å². The Morgan fingerprint density at radius 1 is 0.667 bits per heavy atom. The summed E-state index contributed by atoms with van der Waals surface area (Å²) in [4.78, 5) is 0. The molecule has 0 radical (unpaired) electrons. The van der Waals surface area contributed by atoms with E-state index in [9.17, 15) is 5.11 Å². The zero-order valence-corrected chi connectivity index (χ0v) is 14.1. The Bertz CT molecular complexity index is 798. The molecule has 24 heavy (non-hydrogen) atoms. The lowest BCUT2D eigenvalue weighted by atomic mass is 9.90. The third kappa shape index (κ3) is 3.50. The maximum atomic E-state index is 11.1. The van der Waals surface area contributed by atoms with Crippen LogP contribution < -0.4 is 5.32 Å². The minimum atomic E-state index is -0.632. The van der Waals surface area contributed by atoms with E-state index in [0.717, 1.165) is 22.4 Å². The van der Waals surface area contributed by atoms with Crippen molar-refractivity contribution in [2.45, 2.75) is 26.0 Å². The second-order valence-electron chi connectivity index (χ2n) is 6.15. The van der Waals surface area contributed by atoms with Crippen LogP contribution in [0.4, 0.5) is 5.69 Å². The number of rotatable bonds is 5. The number of hydrogen-bond acceptors (Lipinski definition) is 2. The molecule has 0 aliphatic heterocycles. The van der Waals surface area contributed by atoms with Crippen molar-refractivity contribution in [3.05, 3.63) is 101 Å². The summed E-state index contributed by atoms with van der Waals surface area (Å²) in [6, 6.07) is 26.0. The molecule has 0 fully saturated rings. The van der Waals surface area contributed by atoms with Gasteiger partial charge in [0.1, 0.15) is 6.10 Å². The maximum Gasteiger partial charge on any atom is 0.104 e. The van der Waals surface area contributed by atoms with Gasteiger partial charge in [-0.15, -0.1) is 0 Å². The summed E-state index contributed by atoms with van der Waals surface area (Å²) < 4.78 is 0. The molecule has 2 nitrogen and oxygen atoms in total. The van der Waals surface area contributed by atoms with E-state index in [1.54, 1.807) is 0 Å². The summed E-state index contributed by atoms with van der Waals surface area (Å²) in [5, 5.41) is 14.6. The lowest BCUT2D eigenvalue weighted by Crippen LogP contribution is -2.21. The molecule has 3 rings (SSSR count). The topological polar surface area (TPSA) is 32.3 Å². The number of anilines is 1. The van der Waals surface area contributed by atoms with Gasteiger partial charge in [-0.1, -0.05) is 66.7 Å². The molecule has 0 aliphatic rings. The zero-order valence-electron chi connectivity index (χ0n) is 14.1. The van der Waals surface area contributed by atoms with E-state index in [-0.39, 0.29) is 6.04 Å². The fourth-order valence-electron chi connectivity index (χ4n) is 3.07. The van der Waals surface area contributed by atoms with Crippen LogP contribution in [0.15, 0.2) is 78.9 Å². The molecular formula is C22H23NO. The largest absolute Gasteiger partial charge is 0.386 e. The summed E-state index contributed by atoms with van der Waals surface area (Å²) in [5.74, 6) is 0. The lowest BCUT2D eigenvalue weighted by molar-refractivity contribution is 0.154. The number of benzene rings is 3. The van der Waals surface area contributed by atoms with Crippen molar-refractivity contribution in [1.29, 1.82) is 0 Å². The Morgan fingerprint density at radius 2 is 1.17 bits per heavy atom. The SMILES string of the molecule is Cc1ccccc1[C@H](O)[C@@H](Nc1ccccc1)c1ccccc1C.